The highest BCUT2D eigenvalue weighted by Gasteiger charge is 2.31. The summed E-state index contributed by atoms with van der Waals surface area (Å²) >= 11 is 0. The van der Waals surface area contributed by atoms with Gasteiger partial charge in [0.1, 0.15) is 5.75 Å². The number of rotatable bonds is 4. The summed E-state index contributed by atoms with van der Waals surface area (Å²) in [6.07, 6.45) is 0.305. The molecule has 0 atom stereocenters. The second-order valence-electron chi connectivity index (χ2n) is 5.68. The zero-order valence-corrected chi connectivity index (χ0v) is 13.8. The monoisotopic (exact) mass is 370 g/mol. The average molecular weight is 370 g/mol. The summed E-state index contributed by atoms with van der Waals surface area (Å²) in [6, 6.07) is 15.2. The van der Waals surface area contributed by atoms with Crippen molar-refractivity contribution in [2.45, 2.75) is 6.36 Å². The van der Waals surface area contributed by atoms with Crippen molar-refractivity contribution >= 4 is 17.2 Å². The quantitative estimate of drug-likeness (QED) is 0.547. The number of halogens is 3. The van der Waals surface area contributed by atoms with Crippen molar-refractivity contribution in [1.29, 1.82) is 0 Å². The number of imidazole rings is 1. The molecule has 0 radical (unpaired) electrons. The number of alkyl halides is 3. The molecular weight excluding hydrogens is 357 g/mol. The summed E-state index contributed by atoms with van der Waals surface area (Å²) in [6.45, 7) is 0. The highest BCUT2D eigenvalue weighted by Crippen LogP contribution is 2.28. The maximum atomic E-state index is 12.3. The Bertz CT molecular complexity index is 1060. The zero-order valence-electron chi connectivity index (χ0n) is 13.8. The van der Waals surface area contributed by atoms with Crippen molar-refractivity contribution in [3.8, 4) is 17.0 Å². The molecule has 8 heteroatoms. The number of hydrogen-bond acceptors (Lipinski definition) is 4. The summed E-state index contributed by atoms with van der Waals surface area (Å²) < 4.78 is 42.6. The van der Waals surface area contributed by atoms with E-state index in [4.69, 9.17) is 0 Å². The fourth-order valence-electron chi connectivity index (χ4n) is 2.71. The summed E-state index contributed by atoms with van der Waals surface area (Å²) in [5, 5.41) is 3.21. The molecule has 2 aromatic carbocycles. The number of anilines is 2. The van der Waals surface area contributed by atoms with E-state index in [1.165, 1.54) is 12.1 Å². The number of para-hydroxylation sites is 1. The van der Waals surface area contributed by atoms with E-state index in [2.05, 4.69) is 20.0 Å². The Kier molecular flexibility index (Phi) is 4.15. The van der Waals surface area contributed by atoms with Crippen LogP contribution in [0.25, 0.3) is 16.9 Å². The van der Waals surface area contributed by atoms with Gasteiger partial charge in [0.25, 0.3) is 0 Å². The van der Waals surface area contributed by atoms with Crippen molar-refractivity contribution in [2.24, 2.45) is 0 Å². The van der Waals surface area contributed by atoms with Gasteiger partial charge in [0.15, 0.2) is 11.5 Å². The van der Waals surface area contributed by atoms with Gasteiger partial charge in [-0.25, -0.2) is 9.97 Å². The van der Waals surface area contributed by atoms with Gasteiger partial charge in [-0.15, -0.1) is 13.2 Å². The summed E-state index contributed by atoms with van der Waals surface area (Å²) in [7, 11) is 0. The Balaban J connectivity index is 1.66. The minimum atomic E-state index is -4.71. The van der Waals surface area contributed by atoms with Crippen LogP contribution in [0, 0.1) is 0 Å². The SMILES string of the molecule is FC(F)(F)Oc1ccc(-c2cnc3c(Nc4ccccc4)nccn23)cc1. The van der Waals surface area contributed by atoms with Crippen molar-refractivity contribution in [2.75, 3.05) is 5.32 Å². The summed E-state index contributed by atoms with van der Waals surface area (Å²) in [4.78, 5) is 8.72. The van der Waals surface area contributed by atoms with E-state index in [0.29, 0.717) is 17.0 Å². The lowest BCUT2D eigenvalue weighted by Crippen LogP contribution is -2.16. The lowest BCUT2D eigenvalue weighted by Gasteiger charge is -2.10. The third-order valence-corrected chi connectivity index (χ3v) is 3.85. The molecule has 2 aromatic heterocycles. The molecule has 2 heterocycles. The molecule has 27 heavy (non-hydrogen) atoms. The molecule has 5 nitrogen and oxygen atoms in total. The number of fused-ring (bicyclic) bond motifs is 1. The number of aromatic nitrogens is 3. The van der Waals surface area contributed by atoms with Crippen molar-refractivity contribution < 1.29 is 17.9 Å². The first kappa shape index (κ1) is 16.9. The molecule has 0 fully saturated rings. The molecule has 0 aliphatic carbocycles. The number of ether oxygens (including phenoxy) is 1. The third kappa shape index (κ3) is 3.69. The Morgan fingerprint density at radius 2 is 1.67 bits per heavy atom. The highest BCUT2D eigenvalue weighted by atomic mass is 19.4. The van der Waals surface area contributed by atoms with Gasteiger partial charge in [-0.1, -0.05) is 18.2 Å². The molecule has 1 N–H and O–H groups in total. The minimum absolute atomic E-state index is 0.270. The van der Waals surface area contributed by atoms with Crippen molar-refractivity contribution in [1.82, 2.24) is 14.4 Å². The van der Waals surface area contributed by atoms with Crippen LogP contribution in [0.4, 0.5) is 24.7 Å². The van der Waals surface area contributed by atoms with E-state index < -0.39 is 6.36 Å². The van der Waals surface area contributed by atoms with E-state index in [1.807, 2.05) is 34.7 Å². The van der Waals surface area contributed by atoms with Crippen LogP contribution in [-0.4, -0.2) is 20.7 Å². The second-order valence-corrected chi connectivity index (χ2v) is 5.68. The normalized spacial score (nSPS) is 11.5. The van der Waals surface area contributed by atoms with Gasteiger partial charge in [0.05, 0.1) is 11.9 Å². The lowest BCUT2D eigenvalue weighted by atomic mass is 10.1. The molecular formula is C19H13F3N4O. The fourth-order valence-corrected chi connectivity index (χ4v) is 2.71. The molecule has 4 aromatic rings. The van der Waals surface area contributed by atoms with Crippen LogP contribution < -0.4 is 10.1 Å². The van der Waals surface area contributed by atoms with Gasteiger partial charge >= 0.3 is 6.36 Å². The molecule has 0 bridgehead atoms. The van der Waals surface area contributed by atoms with Crippen LogP contribution in [-0.2, 0) is 0 Å². The molecule has 0 saturated carbocycles. The van der Waals surface area contributed by atoms with Crippen LogP contribution in [0.2, 0.25) is 0 Å². The van der Waals surface area contributed by atoms with Crippen LogP contribution in [0.1, 0.15) is 0 Å². The van der Waals surface area contributed by atoms with Crippen LogP contribution in [0.15, 0.2) is 73.2 Å². The molecule has 0 unspecified atom stereocenters. The Hall–Kier alpha value is -3.55. The number of nitrogens with zero attached hydrogens (tertiary/aromatic N) is 3. The molecule has 0 aliphatic rings. The predicted molar refractivity (Wildman–Crippen MR) is 94.8 cm³/mol. The lowest BCUT2D eigenvalue weighted by molar-refractivity contribution is -0.274. The van der Waals surface area contributed by atoms with Gasteiger partial charge < -0.3 is 10.1 Å². The molecule has 0 spiro atoms. The Morgan fingerprint density at radius 1 is 0.926 bits per heavy atom. The fraction of sp³-hybridized carbons (Fsp3) is 0.0526. The maximum Gasteiger partial charge on any atom is 0.573 e. The minimum Gasteiger partial charge on any atom is -0.406 e. The predicted octanol–water partition coefficient (Wildman–Crippen LogP) is 5.04. The summed E-state index contributed by atoms with van der Waals surface area (Å²) in [5.41, 5.74) is 2.90. The van der Waals surface area contributed by atoms with Gasteiger partial charge in [-0.2, -0.15) is 0 Å². The molecule has 0 amide bonds. The maximum absolute atomic E-state index is 12.3. The molecule has 4 rings (SSSR count). The average Bonchev–Trinajstić information content (AvgIpc) is 3.07. The van der Waals surface area contributed by atoms with E-state index in [0.717, 1.165) is 11.4 Å². The smallest absolute Gasteiger partial charge is 0.406 e. The Labute approximate surface area is 152 Å². The first-order chi connectivity index (χ1) is 13.0. The second kappa shape index (κ2) is 6.64. The van der Waals surface area contributed by atoms with Gasteiger partial charge in [0, 0.05) is 23.6 Å². The van der Waals surface area contributed by atoms with Crippen LogP contribution in [0.3, 0.4) is 0 Å². The highest BCUT2D eigenvalue weighted by molar-refractivity contribution is 5.74. The third-order valence-electron chi connectivity index (χ3n) is 3.85. The van der Waals surface area contributed by atoms with E-state index in [1.54, 1.807) is 30.7 Å². The largest absolute Gasteiger partial charge is 0.573 e. The molecule has 0 aliphatic heterocycles. The van der Waals surface area contributed by atoms with E-state index >= 15 is 0 Å². The van der Waals surface area contributed by atoms with Gasteiger partial charge in [-0.3, -0.25) is 4.40 Å². The van der Waals surface area contributed by atoms with Crippen LogP contribution in [0.5, 0.6) is 5.75 Å². The van der Waals surface area contributed by atoms with E-state index in [-0.39, 0.29) is 5.75 Å². The van der Waals surface area contributed by atoms with Crippen molar-refractivity contribution in [3.63, 3.8) is 0 Å². The number of nitrogens with one attached hydrogen (secondary N) is 1. The Morgan fingerprint density at radius 3 is 2.37 bits per heavy atom. The van der Waals surface area contributed by atoms with Gasteiger partial charge in [-0.05, 0) is 36.4 Å². The summed E-state index contributed by atoms with van der Waals surface area (Å²) in [5.74, 6) is 0.306. The standard InChI is InChI=1S/C19H13F3N4O/c20-19(21,22)27-15-8-6-13(7-9-15)16-12-24-18-17(23-10-11-26(16)18)25-14-4-2-1-3-5-14/h1-12H,(H,23,25). The first-order valence-electron chi connectivity index (χ1n) is 8.00. The first-order valence-corrected chi connectivity index (χ1v) is 8.00. The topological polar surface area (TPSA) is 51.5 Å². The zero-order chi connectivity index (χ0) is 18.9. The number of hydrogen-bond donors (Lipinski definition) is 1. The number of benzene rings is 2. The van der Waals surface area contributed by atoms with Crippen LogP contribution >= 0.6 is 0 Å². The van der Waals surface area contributed by atoms with Crippen molar-refractivity contribution in [3.05, 3.63) is 73.2 Å². The molecule has 136 valence electrons. The van der Waals surface area contributed by atoms with Gasteiger partial charge in [0.2, 0.25) is 0 Å². The molecule has 0 saturated heterocycles. The van der Waals surface area contributed by atoms with E-state index in [9.17, 15) is 13.2 Å².